The van der Waals surface area contributed by atoms with Gasteiger partial charge in [-0.2, -0.15) is 0 Å². The summed E-state index contributed by atoms with van der Waals surface area (Å²) in [5.41, 5.74) is 4.01. The lowest BCUT2D eigenvalue weighted by molar-refractivity contribution is 0.379. The fourth-order valence-corrected chi connectivity index (χ4v) is 5.08. The van der Waals surface area contributed by atoms with Crippen LogP contribution >= 0.6 is 0 Å². The molecule has 0 fully saturated rings. The van der Waals surface area contributed by atoms with Crippen molar-refractivity contribution in [3.05, 3.63) is 54.0 Å². The highest BCUT2D eigenvalue weighted by molar-refractivity contribution is 7.83. The first-order valence-corrected chi connectivity index (χ1v) is 9.30. The first-order chi connectivity index (χ1) is 11.6. The second-order valence-corrected chi connectivity index (χ2v) is 7.62. The Morgan fingerprint density at radius 3 is 2.88 bits per heavy atom. The maximum Gasteiger partial charge on any atom is 0.128 e. The molecule has 2 aromatic carbocycles. The largest absolute Gasteiger partial charge is 0.360 e. The summed E-state index contributed by atoms with van der Waals surface area (Å²) in [6, 6.07) is 11.0. The van der Waals surface area contributed by atoms with Crippen molar-refractivity contribution in [2.45, 2.75) is 31.2 Å². The van der Waals surface area contributed by atoms with E-state index in [4.69, 9.17) is 0 Å². The van der Waals surface area contributed by atoms with Crippen LogP contribution in [0.15, 0.2) is 47.5 Å². The molecule has 0 radical (unpaired) electrons. The van der Waals surface area contributed by atoms with Crippen LogP contribution in [-0.4, -0.2) is 20.0 Å². The Bertz CT molecular complexity index is 950. The summed E-state index contributed by atoms with van der Waals surface area (Å²) in [5.74, 6) is -0.246. The molecule has 0 spiro atoms. The van der Waals surface area contributed by atoms with Gasteiger partial charge in [0.1, 0.15) is 16.8 Å². The third kappa shape index (κ3) is 2.31. The summed E-state index contributed by atoms with van der Waals surface area (Å²) in [6.07, 6.45) is 2.89. The van der Waals surface area contributed by atoms with Crippen LogP contribution in [0.5, 0.6) is 0 Å². The zero-order valence-corrected chi connectivity index (χ0v) is 14.5. The van der Waals surface area contributed by atoms with Crippen LogP contribution in [0, 0.1) is 5.82 Å². The number of halogens is 1. The molecule has 2 heterocycles. The predicted molar refractivity (Wildman–Crippen MR) is 95.5 cm³/mol. The lowest BCUT2D eigenvalue weighted by atomic mass is 9.99. The van der Waals surface area contributed by atoms with E-state index in [2.05, 4.69) is 24.9 Å². The van der Waals surface area contributed by atoms with Crippen LogP contribution in [0.25, 0.3) is 22.0 Å². The number of nitrogens with zero attached hydrogens (tertiary/aromatic N) is 1. The minimum Gasteiger partial charge on any atom is -0.360 e. The van der Waals surface area contributed by atoms with E-state index in [1.807, 2.05) is 22.6 Å². The number of H-pyrrole nitrogens is 1. The van der Waals surface area contributed by atoms with Crippen molar-refractivity contribution in [2.24, 2.45) is 0 Å². The number of hydrogen-bond acceptors (Lipinski definition) is 1. The van der Waals surface area contributed by atoms with Gasteiger partial charge in [0, 0.05) is 35.2 Å². The van der Waals surface area contributed by atoms with Gasteiger partial charge in [-0.15, -0.1) is 0 Å². The van der Waals surface area contributed by atoms with Crippen LogP contribution in [0.4, 0.5) is 4.39 Å². The number of hydrogen-bond donors (Lipinski definition) is 1. The van der Waals surface area contributed by atoms with E-state index in [1.54, 1.807) is 6.07 Å². The molecule has 4 rings (SSSR count). The standard InChI is InChI=1S/C19H19FN2OS/c1-3-8-22-12(2)16-9-13(4-7-19(16)24(22)23)17-11-21-18-10-14(20)5-6-15(17)18/h4-7,9-12,21H,3,8H2,1-2H3. The number of rotatable bonds is 3. The first kappa shape index (κ1) is 15.5. The van der Waals surface area contributed by atoms with Crippen LogP contribution in [0.1, 0.15) is 31.9 Å². The first-order valence-electron chi connectivity index (χ1n) is 8.19. The fourth-order valence-electron chi connectivity index (χ4n) is 3.46. The number of benzene rings is 2. The second kappa shape index (κ2) is 5.83. The predicted octanol–water partition coefficient (Wildman–Crippen LogP) is 4.78. The van der Waals surface area contributed by atoms with Crippen molar-refractivity contribution in [1.29, 1.82) is 0 Å². The molecule has 0 saturated carbocycles. The second-order valence-electron chi connectivity index (χ2n) is 6.21. The van der Waals surface area contributed by atoms with Crippen molar-refractivity contribution in [1.82, 2.24) is 9.29 Å². The van der Waals surface area contributed by atoms with Gasteiger partial charge < -0.3 is 4.98 Å². The summed E-state index contributed by atoms with van der Waals surface area (Å²) >= 11 is 0. The Labute approximate surface area is 143 Å². The quantitative estimate of drug-likeness (QED) is 0.730. The molecule has 1 N–H and O–H groups in total. The third-order valence-electron chi connectivity index (χ3n) is 4.69. The Kier molecular flexibility index (Phi) is 3.77. The van der Waals surface area contributed by atoms with Gasteiger partial charge in [0.2, 0.25) is 0 Å². The minimum absolute atomic E-state index is 0.142. The highest BCUT2D eigenvalue weighted by atomic mass is 32.2. The van der Waals surface area contributed by atoms with E-state index >= 15 is 0 Å². The van der Waals surface area contributed by atoms with Crippen LogP contribution in [0.2, 0.25) is 0 Å². The molecule has 2 atom stereocenters. The number of nitrogens with one attached hydrogen (secondary N) is 1. The maximum atomic E-state index is 13.4. The molecule has 5 heteroatoms. The zero-order valence-electron chi connectivity index (χ0n) is 13.7. The van der Waals surface area contributed by atoms with E-state index in [0.717, 1.165) is 45.5 Å². The van der Waals surface area contributed by atoms with Gasteiger partial charge in [-0.1, -0.05) is 13.0 Å². The van der Waals surface area contributed by atoms with Crippen LogP contribution in [0.3, 0.4) is 0 Å². The Balaban J connectivity index is 1.81. The van der Waals surface area contributed by atoms with E-state index in [9.17, 15) is 8.60 Å². The van der Waals surface area contributed by atoms with Gasteiger partial charge in [-0.05, 0) is 54.8 Å². The molecule has 0 bridgehead atoms. The van der Waals surface area contributed by atoms with Gasteiger partial charge in [0.05, 0.1) is 4.90 Å². The molecule has 1 aliphatic heterocycles. The molecule has 3 nitrogen and oxygen atoms in total. The summed E-state index contributed by atoms with van der Waals surface area (Å²) in [7, 11) is -1.07. The molecule has 24 heavy (non-hydrogen) atoms. The number of aromatic amines is 1. The molecule has 3 aromatic rings. The Morgan fingerprint density at radius 2 is 2.08 bits per heavy atom. The summed E-state index contributed by atoms with van der Waals surface area (Å²) in [4.78, 5) is 4.04. The monoisotopic (exact) mass is 342 g/mol. The fraction of sp³-hybridized carbons (Fsp3) is 0.263. The zero-order chi connectivity index (χ0) is 16.8. The summed E-state index contributed by atoms with van der Waals surface area (Å²) in [6.45, 7) is 5.03. The van der Waals surface area contributed by atoms with Crippen molar-refractivity contribution >= 4 is 21.9 Å². The van der Waals surface area contributed by atoms with Gasteiger partial charge in [-0.3, -0.25) is 0 Å². The van der Waals surface area contributed by atoms with E-state index < -0.39 is 11.0 Å². The van der Waals surface area contributed by atoms with E-state index in [0.29, 0.717) is 0 Å². The Morgan fingerprint density at radius 1 is 1.25 bits per heavy atom. The molecular formula is C19H19FN2OS. The topological polar surface area (TPSA) is 36.1 Å². The third-order valence-corrected chi connectivity index (χ3v) is 6.36. The average molecular weight is 342 g/mol. The highest BCUT2D eigenvalue weighted by Gasteiger charge is 2.33. The minimum atomic E-state index is -1.07. The average Bonchev–Trinajstić information content (AvgIpc) is 3.09. The molecule has 124 valence electrons. The van der Waals surface area contributed by atoms with Gasteiger partial charge in [0.15, 0.2) is 0 Å². The SMILES string of the molecule is CCCN1C(C)c2cc(-c3c[nH]c4cc(F)ccc34)ccc2S1=O. The van der Waals surface area contributed by atoms with E-state index in [1.165, 1.54) is 12.1 Å². The van der Waals surface area contributed by atoms with Crippen molar-refractivity contribution in [3.63, 3.8) is 0 Å². The molecule has 0 saturated heterocycles. The van der Waals surface area contributed by atoms with Crippen molar-refractivity contribution in [2.75, 3.05) is 6.54 Å². The number of fused-ring (bicyclic) bond motifs is 2. The smallest absolute Gasteiger partial charge is 0.128 e. The van der Waals surface area contributed by atoms with E-state index in [-0.39, 0.29) is 11.9 Å². The number of aromatic nitrogens is 1. The van der Waals surface area contributed by atoms with Gasteiger partial charge >= 0.3 is 0 Å². The van der Waals surface area contributed by atoms with Gasteiger partial charge in [0.25, 0.3) is 0 Å². The molecule has 1 aliphatic rings. The summed E-state index contributed by atoms with van der Waals surface area (Å²) in [5, 5.41) is 0.994. The summed E-state index contributed by atoms with van der Waals surface area (Å²) < 4.78 is 28.1. The highest BCUT2D eigenvalue weighted by Crippen LogP contribution is 2.40. The molecule has 1 aromatic heterocycles. The van der Waals surface area contributed by atoms with Crippen molar-refractivity contribution < 1.29 is 8.60 Å². The normalized spacial score (nSPS) is 20.6. The van der Waals surface area contributed by atoms with Crippen LogP contribution in [-0.2, 0) is 11.0 Å². The van der Waals surface area contributed by atoms with Gasteiger partial charge in [-0.25, -0.2) is 12.9 Å². The maximum absolute atomic E-state index is 13.4. The Hall–Kier alpha value is -1.98. The molecule has 2 unspecified atom stereocenters. The van der Waals surface area contributed by atoms with Crippen molar-refractivity contribution in [3.8, 4) is 11.1 Å². The lowest BCUT2D eigenvalue weighted by Gasteiger charge is -2.18. The lowest BCUT2D eigenvalue weighted by Crippen LogP contribution is -2.23. The molecule has 0 aliphatic carbocycles. The van der Waals surface area contributed by atoms with Crippen LogP contribution < -0.4 is 0 Å². The molecule has 0 amide bonds. The molecular weight excluding hydrogens is 323 g/mol.